The lowest BCUT2D eigenvalue weighted by Gasteiger charge is -2.45. The summed E-state index contributed by atoms with van der Waals surface area (Å²) in [6, 6.07) is -15.1. The number of rotatable bonds is 5. The summed E-state index contributed by atoms with van der Waals surface area (Å²) in [5, 5.41) is 0. The van der Waals surface area contributed by atoms with Crippen molar-refractivity contribution >= 4 is 74.3 Å². The lowest BCUT2D eigenvalue weighted by Crippen LogP contribution is -2.61. The number of para-hydroxylation sites is 2. The van der Waals surface area contributed by atoms with Gasteiger partial charge in [0.15, 0.2) is 0 Å². The number of hydrogen-bond donors (Lipinski definition) is 0. The van der Waals surface area contributed by atoms with Gasteiger partial charge >= 0.3 is 0 Å². The zero-order valence-corrected chi connectivity index (χ0v) is 37.1. The third-order valence-corrected chi connectivity index (χ3v) is 10.9. The summed E-state index contributed by atoms with van der Waals surface area (Å²) in [5.74, 6) is 0. The first-order valence-corrected chi connectivity index (χ1v) is 20.5. The van der Waals surface area contributed by atoms with Crippen LogP contribution in [0, 0.1) is 0 Å². The summed E-state index contributed by atoms with van der Waals surface area (Å²) in [5.41, 5.74) is -9.57. The zero-order chi connectivity index (χ0) is 64.8. The minimum Gasteiger partial charge on any atom is -0.311 e. The van der Waals surface area contributed by atoms with Gasteiger partial charge in [0.25, 0.3) is 6.71 Å². The summed E-state index contributed by atoms with van der Waals surface area (Å²) in [6.45, 7) is 18.7. The highest BCUT2D eigenvalue weighted by Gasteiger charge is 2.45. The van der Waals surface area contributed by atoms with Gasteiger partial charge in [-0.1, -0.05) is 168 Å². The summed E-state index contributed by atoms with van der Waals surface area (Å²) >= 11 is 0. The first-order chi connectivity index (χ1) is 39.3. The molecule has 7 aromatic rings. The van der Waals surface area contributed by atoms with E-state index in [1.165, 1.54) is 12.1 Å². The Morgan fingerprint density at radius 2 is 0.726 bits per heavy atom. The van der Waals surface area contributed by atoms with Crippen LogP contribution in [0.1, 0.15) is 138 Å². The molecular weight excluding hydrogens is 749 g/mol. The highest BCUT2D eigenvalue weighted by molar-refractivity contribution is 7.00. The van der Waals surface area contributed by atoms with E-state index < -0.39 is 213 Å². The van der Waals surface area contributed by atoms with Crippen molar-refractivity contribution in [1.29, 1.82) is 0 Å². The SMILES string of the molecule is [2H]c1c([2H])c([2H])c(N(c2cc3c4c(c2)N(c2c([2H])c([2H])c(C(C)(C)C)c([2H])c2[2H])c2c([2H])c([2H])c(C(C)(C)C)c([2H])c2B4c2c([2H])c(C(C)(C)C)c([2H])c([2H])c2N3c2c([2H])c([2H])c(C(C)(C)C)c([2H])c2[2H])c2c([2H])c([2H])c([2H])c([2H])c2[2H])c([2H])c1[2H]. The Labute approximate surface area is 405 Å². The molecule has 0 saturated heterocycles. The van der Waals surface area contributed by atoms with Gasteiger partial charge in [-0.2, -0.15) is 0 Å². The average molecular weight is 836 g/mol. The van der Waals surface area contributed by atoms with E-state index in [9.17, 15) is 24.7 Å². The molecule has 0 unspecified atom stereocenters. The molecule has 2 aliphatic heterocycles. The average Bonchev–Trinajstić information content (AvgIpc) is 0.675. The zero-order valence-electron chi connectivity index (χ0n) is 61.1. The quantitative estimate of drug-likeness (QED) is 0.160. The smallest absolute Gasteiger partial charge is 0.252 e. The van der Waals surface area contributed by atoms with Crippen molar-refractivity contribution in [3.63, 3.8) is 0 Å². The van der Waals surface area contributed by atoms with Gasteiger partial charge in [0.2, 0.25) is 0 Å². The van der Waals surface area contributed by atoms with E-state index in [4.69, 9.17) is 8.22 Å². The van der Waals surface area contributed by atoms with E-state index in [0.29, 0.717) is 0 Å². The van der Waals surface area contributed by atoms with Crippen LogP contribution in [0.2, 0.25) is 0 Å². The predicted octanol–water partition coefficient (Wildman–Crippen LogP) is 14.4. The second-order valence-corrected chi connectivity index (χ2v) is 19.8. The molecule has 0 N–H and O–H groups in total. The van der Waals surface area contributed by atoms with Crippen LogP contribution in [0.15, 0.2) is 157 Å². The molecule has 0 spiro atoms. The Morgan fingerprint density at radius 1 is 0.387 bits per heavy atom. The molecule has 9 rings (SSSR count). The van der Waals surface area contributed by atoms with Crippen molar-refractivity contribution in [1.82, 2.24) is 0 Å². The lowest BCUT2D eigenvalue weighted by molar-refractivity contribution is 0.590. The van der Waals surface area contributed by atoms with Gasteiger partial charge in [-0.15, -0.1) is 0 Å². The number of fused-ring (bicyclic) bond motifs is 4. The van der Waals surface area contributed by atoms with Crippen LogP contribution < -0.4 is 31.1 Å². The second kappa shape index (κ2) is 14.8. The maximum Gasteiger partial charge on any atom is 0.252 e. The van der Waals surface area contributed by atoms with Crippen molar-refractivity contribution in [2.24, 2.45) is 0 Å². The van der Waals surface area contributed by atoms with Crippen LogP contribution in [-0.2, 0) is 21.7 Å². The Balaban J connectivity index is 1.70. The molecule has 0 radical (unpaired) electrons. The number of anilines is 9. The normalized spacial score (nSPS) is 19.1. The minimum atomic E-state index is -1.62. The van der Waals surface area contributed by atoms with E-state index in [1.807, 2.05) is 0 Å². The number of nitrogens with zero attached hydrogens (tertiary/aromatic N) is 3. The fourth-order valence-electron chi connectivity index (χ4n) is 7.56. The minimum absolute atomic E-state index is 0.00567. The maximum atomic E-state index is 10.4. The van der Waals surface area contributed by atoms with E-state index in [0.717, 1.165) is 14.7 Å². The van der Waals surface area contributed by atoms with Crippen molar-refractivity contribution in [2.75, 3.05) is 14.7 Å². The molecule has 0 aromatic heterocycles. The van der Waals surface area contributed by atoms with Gasteiger partial charge in [0, 0.05) is 45.5 Å². The Kier molecular flexibility index (Phi) is 5.23. The van der Waals surface area contributed by atoms with Gasteiger partial charge in [-0.05, 0) is 133 Å². The number of benzene rings is 7. The summed E-state index contributed by atoms with van der Waals surface area (Å²) in [6.07, 6.45) is 0. The van der Waals surface area contributed by atoms with Crippen molar-refractivity contribution in [3.05, 3.63) is 179 Å². The van der Waals surface area contributed by atoms with Crippen molar-refractivity contribution < 1.29 is 32.9 Å². The molecule has 4 heteroatoms. The molecule has 3 nitrogen and oxygen atoms in total. The molecule has 0 saturated carbocycles. The van der Waals surface area contributed by atoms with Crippen LogP contribution in [0.5, 0.6) is 0 Å². The molecule has 0 fully saturated rings. The highest BCUT2D eigenvalue weighted by Crippen LogP contribution is 2.49. The van der Waals surface area contributed by atoms with Crippen LogP contribution >= 0.6 is 0 Å². The molecule has 0 atom stereocenters. The van der Waals surface area contributed by atoms with Gasteiger partial charge in [-0.25, -0.2) is 0 Å². The Morgan fingerprint density at radius 3 is 1.06 bits per heavy atom. The largest absolute Gasteiger partial charge is 0.311 e. The van der Waals surface area contributed by atoms with E-state index in [2.05, 4.69) is 0 Å². The molecule has 7 aromatic carbocycles. The molecular formula is C58H62BN3. The molecule has 312 valence electrons. The standard InChI is InChI=1S/C58H62BN3/c1-55(2,3)39-23-29-45(30-24-39)61-50-33-27-41(57(7,8)9)35-48(50)59-49-36-42(58(10,11)12)28-34-51(49)62(46-31-25-40(26-32-46)56(4,5)6)53-38-47(37-52(61)54(53)59)60(43-19-15-13-16-20-43)44-21-17-14-18-22-44/h13-38H,1-12H3/i13D,14D,15D,16D,17D,18D,19D,20D,21D,22D,23D,24D,25D,26D,27D,28D,29D,30D,31D,32D,33D,34D,35D,36D. The first kappa shape index (κ1) is 21.9. The fourth-order valence-corrected chi connectivity index (χ4v) is 7.56. The van der Waals surface area contributed by atoms with Gasteiger partial charge in [0.1, 0.15) is 0 Å². The Bertz CT molecular complexity index is 3820. The molecule has 2 aliphatic rings. The third-order valence-electron chi connectivity index (χ3n) is 10.9. The predicted molar refractivity (Wildman–Crippen MR) is 270 cm³/mol. The van der Waals surface area contributed by atoms with E-state index in [-0.39, 0.29) is 50.0 Å². The van der Waals surface area contributed by atoms with Crippen molar-refractivity contribution in [3.8, 4) is 0 Å². The van der Waals surface area contributed by atoms with E-state index >= 15 is 0 Å². The molecule has 62 heavy (non-hydrogen) atoms. The molecule has 0 aliphatic carbocycles. The van der Waals surface area contributed by atoms with Gasteiger partial charge in [0.05, 0.1) is 38.6 Å². The second-order valence-electron chi connectivity index (χ2n) is 19.8. The van der Waals surface area contributed by atoms with Crippen molar-refractivity contribution in [2.45, 2.75) is 105 Å². The lowest BCUT2D eigenvalue weighted by atomic mass is 9.33. The number of hydrogen-bond acceptors (Lipinski definition) is 3. The Hall–Kier alpha value is -6.00. The summed E-state index contributed by atoms with van der Waals surface area (Å²) < 4.78 is 230. The van der Waals surface area contributed by atoms with Crippen LogP contribution in [0.3, 0.4) is 0 Å². The fraction of sp³-hybridized carbons (Fsp3) is 0.276. The monoisotopic (exact) mass is 836 g/mol. The topological polar surface area (TPSA) is 9.72 Å². The third kappa shape index (κ3) is 7.32. The summed E-state index contributed by atoms with van der Waals surface area (Å²) in [4.78, 5) is 2.99. The first-order valence-electron chi connectivity index (χ1n) is 32.5. The molecule has 2 heterocycles. The molecule has 0 bridgehead atoms. The maximum absolute atomic E-state index is 10.4. The van der Waals surface area contributed by atoms with Crippen LogP contribution in [0.25, 0.3) is 0 Å². The van der Waals surface area contributed by atoms with E-state index in [1.54, 1.807) is 83.1 Å². The van der Waals surface area contributed by atoms with Crippen LogP contribution in [0.4, 0.5) is 51.2 Å². The summed E-state index contributed by atoms with van der Waals surface area (Å²) in [7, 11) is 0. The van der Waals surface area contributed by atoms with Gasteiger partial charge < -0.3 is 14.7 Å². The molecule has 0 amide bonds. The van der Waals surface area contributed by atoms with Gasteiger partial charge in [-0.3, -0.25) is 0 Å². The highest BCUT2D eigenvalue weighted by atomic mass is 15.2. The van der Waals surface area contributed by atoms with Crippen LogP contribution in [-0.4, -0.2) is 6.71 Å².